The Balaban J connectivity index is 1.41. The molecule has 0 unspecified atom stereocenters. The molecular weight excluding hydrogens is 424 g/mol. The highest BCUT2D eigenvalue weighted by molar-refractivity contribution is 6.10. The first-order valence-electron chi connectivity index (χ1n) is 10.5. The van der Waals surface area contributed by atoms with Gasteiger partial charge < -0.3 is 14.5 Å². The van der Waals surface area contributed by atoms with Crippen LogP contribution in [0, 0.1) is 0 Å². The first-order valence-corrected chi connectivity index (χ1v) is 10.5. The van der Waals surface area contributed by atoms with Crippen molar-refractivity contribution in [2.45, 2.75) is 18.9 Å². The molecule has 6 rings (SSSR count). The molecule has 9 nitrogen and oxygen atoms in total. The number of rotatable bonds is 4. The van der Waals surface area contributed by atoms with Gasteiger partial charge in [-0.1, -0.05) is 18.2 Å². The largest absolute Gasteiger partial charge is 0.495 e. The average Bonchev–Trinajstić information content (AvgIpc) is 3.58. The van der Waals surface area contributed by atoms with Gasteiger partial charge in [0.15, 0.2) is 0 Å². The number of carbonyl (C=O) groups is 1. The van der Waals surface area contributed by atoms with E-state index < -0.39 is 17.2 Å². The first kappa shape index (κ1) is 19.3. The van der Waals surface area contributed by atoms with Crippen LogP contribution in [0.4, 0.5) is 5.69 Å². The van der Waals surface area contributed by atoms with Crippen LogP contribution in [0.2, 0.25) is 0 Å². The number of amides is 1. The van der Waals surface area contributed by atoms with E-state index in [2.05, 4.69) is 15.3 Å². The zero-order chi connectivity index (χ0) is 22.7. The summed E-state index contributed by atoms with van der Waals surface area (Å²) in [4.78, 5) is 44.2. The molecule has 33 heavy (non-hydrogen) atoms. The van der Waals surface area contributed by atoms with E-state index in [0.717, 1.165) is 29.2 Å². The van der Waals surface area contributed by atoms with Gasteiger partial charge in [0.25, 0.3) is 11.5 Å². The Kier molecular flexibility index (Phi) is 4.13. The number of ether oxygens (including phenoxy) is 1. The molecule has 164 valence electrons. The summed E-state index contributed by atoms with van der Waals surface area (Å²) in [5.74, 6) is -0.00157. The number of H-pyrrole nitrogens is 1. The number of nitrogens with one attached hydrogen (secondary N) is 2. The second-order valence-corrected chi connectivity index (χ2v) is 8.06. The second kappa shape index (κ2) is 7.06. The molecule has 0 atom stereocenters. The zero-order valence-corrected chi connectivity index (χ0v) is 17.5. The van der Waals surface area contributed by atoms with Crippen molar-refractivity contribution in [3.63, 3.8) is 0 Å². The molecular formula is C24H18N4O5. The summed E-state index contributed by atoms with van der Waals surface area (Å²) in [7, 11) is 1.52. The number of carbonyl (C=O) groups excluding carboxylic acids is 1. The van der Waals surface area contributed by atoms with E-state index in [1.165, 1.54) is 23.9 Å². The molecule has 1 fully saturated rings. The van der Waals surface area contributed by atoms with E-state index in [0.29, 0.717) is 17.0 Å². The van der Waals surface area contributed by atoms with Crippen LogP contribution < -0.4 is 21.3 Å². The number of pyridine rings is 1. The summed E-state index contributed by atoms with van der Waals surface area (Å²) in [5, 5.41) is 4.82. The number of para-hydroxylation sites is 1. The smallest absolute Gasteiger partial charge is 0.330 e. The van der Waals surface area contributed by atoms with E-state index in [-0.39, 0.29) is 22.6 Å². The second-order valence-electron chi connectivity index (χ2n) is 8.06. The Labute approximate surface area is 185 Å². The van der Waals surface area contributed by atoms with Crippen LogP contribution >= 0.6 is 0 Å². The van der Waals surface area contributed by atoms with Gasteiger partial charge >= 0.3 is 5.69 Å². The third-order valence-corrected chi connectivity index (χ3v) is 5.90. The number of aromatic nitrogens is 3. The van der Waals surface area contributed by atoms with Gasteiger partial charge in [-0.2, -0.15) is 0 Å². The van der Waals surface area contributed by atoms with Crippen molar-refractivity contribution >= 4 is 44.6 Å². The summed E-state index contributed by atoms with van der Waals surface area (Å²) < 4.78 is 12.9. The molecule has 3 heterocycles. The maximum absolute atomic E-state index is 13.0. The molecule has 1 amide bonds. The standard InChI is InChI=1S/C24H18N4O5/c1-32-20-9-15-14-4-2-3-5-18(14)33-19(15)10-17(20)26-22(29)12-8-16-21(25-11-12)28(13-6-7-13)24(31)27-23(16)30/h2-5,8-11,13H,6-7H2,1H3,(H,26,29)(H,27,30,31). The van der Waals surface area contributed by atoms with Crippen LogP contribution in [0.5, 0.6) is 5.75 Å². The predicted molar refractivity (Wildman–Crippen MR) is 123 cm³/mol. The number of fused-ring (bicyclic) bond motifs is 4. The minimum absolute atomic E-state index is 0.0313. The Morgan fingerprint density at radius 2 is 1.94 bits per heavy atom. The van der Waals surface area contributed by atoms with Gasteiger partial charge in [0, 0.05) is 29.1 Å². The molecule has 0 bridgehead atoms. The summed E-state index contributed by atoms with van der Waals surface area (Å²) in [5.41, 5.74) is 1.17. The van der Waals surface area contributed by atoms with Gasteiger partial charge in [0.2, 0.25) is 0 Å². The van der Waals surface area contributed by atoms with Gasteiger partial charge in [0.1, 0.15) is 22.6 Å². The summed E-state index contributed by atoms with van der Waals surface area (Å²) >= 11 is 0. The molecule has 1 aliphatic rings. The zero-order valence-electron chi connectivity index (χ0n) is 17.5. The van der Waals surface area contributed by atoms with Gasteiger partial charge in [0.05, 0.1) is 23.7 Å². The van der Waals surface area contributed by atoms with Gasteiger partial charge in [-0.25, -0.2) is 9.78 Å². The lowest BCUT2D eigenvalue weighted by Gasteiger charge is -2.11. The number of furan rings is 1. The lowest BCUT2D eigenvalue weighted by Crippen LogP contribution is -2.30. The lowest BCUT2D eigenvalue weighted by atomic mass is 10.1. The van der Waals surface area contributed by atoms with Crippen LogP contribution in [0.25, 0.3) is 33.0 Å². The number of aromatic amines is 1. The molecule has 0 spiro atoms. The Morgan fingerprint density at radius 1 is 1.12 bits per heavy atom. The van der Waals surface area contributed by atoms with Crippen LogP contribution in [0.3, 0.4) is 0 Å². The van der Waals surface area contributed by atoms with E-state index in [4.69, 9.17) is 9.15 Å². The van der Waals surface area contributed by atoms with Crippen LogP contribution in [-0.2, 0) is 0 Å². The molecule has 9 heteroatoms. The fourth-order valence-electron chi connectivity index (χ4n) is 4.15. The monoisotopic (exact) mass is 442 g/mol. The maximum atomic E-state index is 13.0. The normalized spacial score (nSPS) is 13.6. The van der Waals surface area contributed by atoms with Crippen molar-refractivity contribution in [2.75, 3.05) is 12.4 Å². The molecule has 1 aliphatic carbocycles. The molecule has 3 aromatic heterocycles. The highest BCUT2D eigenvalue weighted by Gasteiger charge is 2.28. The SMILES string of the molecule is COc1cc2c(cc1NC(=O)c1cnc3c(c1)c(=O)[nH]c(=O)n3C1CC1)oc1ccccc12. The molecule has 2 aromatic carbocycles. The van der Waals surface area contributed by atoms with Gasteiger partial charge in [-0.15, -0.1) is 0 Å². The van der Waals surface area contributed by atoms with Gasteiger partial charge in [-0.05, 0) is 31.0 Å². The molecule has 0 aliphatic heterocycles. The maximum Gasteiger partial charge on any atom is 0.330 e. The summed E-state index contributed by atoms with van der Waals surface area (Å²) in [6, 6.07) is 12.6. The first-order chi connectivity index (χ1) is 16.0. The van der Waals surface area contributed by atoms with E-state index in [1.807, 2.05) is 30.3 Å². The van der Waals surface area contributed by atoms with E-state index >= 15 is 0 Å². The van der Waals surface area contributed by atoms with Crippen molar-refractivity contribution in [3.8, 4) is 5.75 Å². The van der Waals surface area contributed by atoms with Crippen molar-refractivity contribution < 1.29 is 13.9 Å². The Bertz CT molecular complexity index is 1710. The van der Waals surface area contributed by atoms with Crippen molar-refractivity contribution in [2.24, 2.45) is 0 Å². The van der Waals surface area contributed by atoms with Crippen molar-refractivity contribution in [1.82, 2.24) is 14.5 Å². The third-order valence-electron chi connectivity index (χ3n) is 5.90. The van der Waals surface area contributed by atoms with Crippen molar-refractivity contribution in [3.05, 3.63) is 75.1 Å². The van der Waals surface area contributed by atoms with Crippen molar-refractivity contribution in [1.29, 1.82) is 0 Å². The molecule has 5 aromatic rings. The molecule has 0 saturated heterocycles. The topological polar surface area (TPSA) is 119 Å². The lowest BCUT2D eigenvalue weighted by molar-refractivity contribution is 0.102. The number of nitrogens with zero attached hydrogens (tertiary/aromatic N) is 2. The number of benzene rings is 2. The van der Waals surface area contributed by atoms with Crippen LogP contribution in [0.15, 0.2) is 62.7 Å². The highest BCUT2D eigenvalue weighted by Crippen LogP contribution is 2.37. The molecule has 1 saturated carbocycles. The van der Waals surface area contributed by atoms with Gasteiger partial charge in [-0.3, -0.25) is 19.1 Å². The fraction of sp³-hybridized carbons (Fsp3) is 0.167. The number of anilines is 1. The molecule has 2 N–H and O–H groups in total. The third kappa shape index (κ3) is 3.08. The number of methoxy groups -OCH3 is 1. The predicted octanol–water partition coefficient (Wildman–Crippen LogP) is 3.58. The van der Waals surface area contributed by atoms with Crippen LogP contribution in [-0.4, -0.2) is 27.6 Å². The summed E-state index contributed by atoms with van der Waals surface area (Å²) in [6.45, 7) is 0. The van der Waals surface area contributed by atoms with E-state index in [1.54, 1.807) is 6.07 Å². The Morgan fingerprint density at radius 3 is 2.73 bits per heavy atom. The Hall–Kier alpha value is -4.40. The van der Waals surface area contributed by atoms with E-state index in [9.17, 15) is 14.4 Å². The minimum atomic E-state index is -0.574. The number of hydrogen-bond donors (Lipinski definition) is 2. The molecule has 0 radical (unpaired) electrons. The summed E-state index contributed by atoms with van der Waals surface area (Å²) in [6.07, 6.45) is 3.08. The van der Waals surface area contributed by atoms with Crippen LogP contribution in [0.1, 0.15) is 29.2 Å². The average molecular weight is 442 g/mol. The minimum Gasteiger partial charge on any atom is -0.495 e. The fourth-order valence-corrected chi connectivity index (χ4v) is 4.15. The highest BCUT2D eigenvalue weighted by atomic mass is 16.5. The quantitative estimate of drug-likeness (QED) is 0.439. The number of hydrogen-bond acceptors (Lipinski definition) is 6.